The fraction of sp³-hybridized carbons (Fsp3) is 0.273. The lowest BCUT2D eigenvalue weighted by atomic mass is 10.2. The molecule has 0 heterocycles. The lowest BCUT2D eigenvalue weighted by Gasteiger charge is -1.92. The molecule has 1 N–H and O–H groups in total. The summed E-state index contributed by atoms with van der Waals surface area (Å²) in [5.41, 5.74) is 2.58. The van der Waals surface area contributed by atoms with Crippen molar-refractivity contribution < 1.29 is 5.11 Å². The predicted octanol–water partition coefficient (Wildman–Crippen LogP) is 2.84. The summed E-state index contributed by atoms with van der Waals surface area (Å²) in [6.07, 6.45) is 3.22. The Morgan fingerprint density at radius 3 is 2.62 bits per heavy atom. The lowest BCUT2D eigenvalue weighted by molar-refractivity contribution is 0.281. The first kappa shape index (κ1) is 8.97. The van der Waals surface area contributed by atoms with Crippen LogP contribution in [0.2, 0.25) is 0 Å². The molecule has 68 valence electrons. The van der Waals surface area contributed by atoms with Gasteiger partial charge < -0.3 is 5.11 Å². The minimum atomic E-state index is 0.294. The normalized spacial score (nSPS) is 23.5. The van der Waals surface area contributed by atoms with Crippen LogP contribution in [0.3, 0.4) is 0 Å². The predicted molar refractivity (Wildman–Crippen MR) is 57.3 cm³/mol. The van der Waals surface area contributed by atoms with Crippen molar-refractivity contribution in [1.82, 2.24) is 0 Å². The molecule has 0 aromatic heterocycles. The molecule has 1 aromatic rings. The molecule has 0 radical (unpaired) electrons. The second-order valence-electron chi connectivity index (χ2n) is 3.35. The molecule has 0 saturated heterocycles. The van der Waals surface area contributed by atoms with Crippen molar-refractivity contribution in [1.29, 1.82) is 0 Å². The fourth-order valence-corrected chi connectivity index (χ4v) is 1.62. The second-order valence-corrected chi connectivity index (χ2v) is 4.27. The van der Waals surface area contributed by atoms with Crippen molar-refractivity contribution in [3.8, 4) is 0 Å². The number of benzene rings is 1. The van der Waals surface area contributed by atoms with E-state index < -0.39 is 0 Å². The Morgan fingerprint density at radius 1 is 1.38 bits per heavy atom. The van der Waals surface area contributed by atoms with Gasteiger partial charge in [-0.25, -0.2) is 0 Å². The van der Waals surface area contributed by atoms with Crippen LogP contribution in [-0.4, -0.2) is 11.7 Å². The Labute approximate surface area is 86.2 Å². The average Bonchev–Trinajstić information content (AvgIpc) is 2.88. The molecule has 0 amide bonds. The summed E-state index contributed by atoms with van der Waals surface area (Å²) in [5, 5.41) is 8.85. The minimum absolute atomic E-state index is 0.294. The molecule has 2 rings (SSSR count). The van der Waals surface area contributed by atoms with Gasteiger partial charge in [0.25, 0.3) is 0 Å². The maximum Gasteiger partial charge on any atom is 0.0499 e. The van der Waals surface area contributed by atoms with Gasteiger partial charge in [-0.05, 0) is 24.1 Å². The monoisotopic (exact) mass is 238 g/mol. The van der Waals surface area contributed by atoms with Crippen LogP contribution in [0, 0.1) is 5.92 Å². The van der Waals surface area contributed by atoms with E-state index in [0.717, 1.165) is 10.9 Å². The zero-order valence-electron chi connectivity index (χ0n) is 7.20. The zero-order chi connectivity index (χ0) is 9.26. The second kappa shape index (κ2) is 3.64. The Bertz CT molecular complexity index is 326. The third kappa shape index (κ3) is 2.20. The molecule has 1 saturated carbocycles. The first-order valence-corrected chi connectivity index (χ1v) is 5.16. The van der Waals surface area contributed by atoms with Gasteiger partial charge in [-0.15, -0.1) is 0 Å². The molecule has 0 unspecified atom stereocenters. The van der Waals surface area contributed by atoms with E-state index >= 15 is 0 Å². The topological polar surface area (TPSA) is 20.2 Å². The van der Waals surface area contributed by atoms with Crippen LogP contribution in [0.25, 0.3) is 6.08 Å². The number of halogens is 1. The van der Waals surface area contributed by atoms with Gasteiger partial charge >= 0.3 is 0 Å². The van der Waals surface area contributed by atoms with E-state index in [1.165, 1.54) is 11.1 Å². The Hall–Kier alpha value is -0.600. The van der Waals surface area contributed by atoms with Crippen molar-refractivity contribution in [2.75, 3.05) is 6.61 Å². The molecule has 0 spiro atoms. The van der Waals surface area contributed by atoms with Crippen molar-refractivity contribution >= 4 is 22.0 Å². The van der Waals surface area contributed by atoms with E-state index in [2.05, 4.69) is 34.1 Å². The van der Waals surface area contributed by atoms with Gasteiger partial charge in [-0.2, -0.15) is 0 Å². The van der Waals surface area contributed by atoms with Crippen LogP contribution in [0.4, 0.5) is 0 Å². The van der Waals surface area contributed by atoms with Gasteiger partial charge in [0.15, 0.2) is 0 Å². The fourth-order valence-electron chi connectivity index (χ4n) is 1.36. The van der Waals surface area contributed by atoms with Gasteiger partial charge in [0.1, 0.15) is 0 Å². The molecule has 0 bridgehead atoms. The minimum Gasteiger partial charge on any atom is -0.396 e. The summed E-state index contributed by atoms with van der Waals surface area (Å²) in [6.45, 7) is 0.294. The first-order valence-electron chi connectivity index (χ1n) is 4.36. The number of rotatable bonds is 2. The van der Waals surface area contributed by atoms with Crippen molar-refractivity contribution in [2.45, 2.75) is 6.42 Å². The van der Waals surface area contributed by atoms with E-state index in [4.69, 9.17) is 5.11 Å². The van der Waals surface area contributed by atoms with Crippen LogP contribution < -0.4 is 0 Å². The SMILES string of the molecule is OC[C@H]1C/C1=C/c1ccc(Br)cc1. The maximum atomic E-state index is 8.85. The van der Waals surface area contributed by atoms with E-state index in [1.54, 1.807) is 0 Å². The summed E-state index contributed by atoms with van der Waals surface area (Å²) >= 11 is 3.39. The molecule has 1 nitrogen and oxygen atoms in total. The molecule has 1 fully saturated rings. The summed E-state index contributed by atoms with van der Waals surface area (Å²) < 4.78 is 1.10. The van der Waals surface area contributed by atoms with Gasteiger partial charge in [0, 0.05) is 17.0 Å². The van der Waals surface area contributed by atoms with Gasteiger partial charge in [-0.1, -0.05) is 39.7 Å². The standard InChI is InChI=1S/C11H11BrO/c12-11-3-1-8(2-4-11)5-9-6-10(9)7-13/h1-5,10,13H,6-7H2/b9-5-/t10-/m1/s1. The highest BCUT2D eigenvalue weighted by molar-refractivity contribution is 9.10. The van der Waals surface area contributed by atoms with Crippen molar-refractivity contribution in [3.63, 3.8) is 0 Å². The van der Waals surface area contributed by atoms with E-state index in [9.17, 15) is 0 Å². The number of aliphatic hydroxyl groups is 1. The number of aliphatic hydroxyl groups excluding tert-OH is 1. The van der Waals surface area contributed by atoms with Gasteiger partial charge in [-0.3, -0.25) is 0 Å². The van der Waals surface area contributed by atoms with Crippen LogP contribution >= 0.6 is 15.9 Å². The lowest BCUT2D eigenvalue weighted by Crippen LogP contribution is -1.81. The Balaban J connectivity index is 2.11. The largest absolute Gasteiger partial charge is 0.396 e. The molecular formula is C11H11BrO. The Morgan fingerprint density at radius 2 is 2.08 bits per heavy atom. The summed E-state index contributed by atoms with van der Waals surface area (Å²) in [7, 11) is 0. The molecule has 13 heavy (non-hydrogen) atoms. The number of hydrogen-bond acceptors (Lipinski definition) is 1. The average molecular weight is 239 g/mol. The molecule has 1 aliphatic carbocycles. The third-order valence-electron chi connectivity index (χ3n) is 2.29. The summed E-state index contributed by atoms with van der Waals surface area (Å²) in [5.74, 6) is 0.434. The first-order chi connectivity index (χ1) is 6.29. The van der Waals surface area contributed by atoms with E-state index in [-0.39, 0.29) is 0 Å². The highest BCUT2D eigenvalue weighted by atomic mass is 79.9. The zero-order valence-corrected chi connectivity index (χ0v) is 8.79. The van der Waals surface area contributed by atoms with Gasteiger partial charge in [0.2, 0.25) is 0 Å². The van der Waals surface area contributed by atoms with Crippen molar-refractivity contribution in [2.24, 2.45) is 5.92 Å². The smallest absolute Gasteiger partial charge is 0.0499 e. The van der Waals surface area contributed by atoms with Crippen molar-refractivity contribution in [3.05, 3.63) is 39.9 Å². The Kier molecular flexibility index (Phi) is 2.51. The molecular weight excluding hydrogens is 228 g/mol. The van der Waals surface area contributed by atoms with E-state index in [1.807, 2.05) is 12.1 Å². The summed E-state index contributed by atoms with van der Waals surface area (Å²) in [6, 6.07) is 8.21. The van der Waals surface area contributed by atoms with Crippen LogP contribution in [0.1, 0.15) is 12.0 Å². The molecule has 0 aliphatic heterocycles. The van der Waals surface area contributed by atoms with Crippen LogP contribution in [-0.2, 0) is 0 Å². The third-order valence-corrected chi connectivity index (χ3v) is 2.82. The molecule has 1 aliphatic rings. The maximum absolute atomic E-state index is 8.85. The highest BCUT2D eigenvalue weighted by Crippen LogP contribution is 2.38. The quantitative estimate of drug-likeness (QED) is 0.841. The van der Waals surface area contributed by atoms with Crippen LogP contribution in [0.15, 0.2) is 34.3 Å². The molecule has 2 heteroatoms. The summed E-state index contributed by atoms with van der Waals surface area (Å²) in [4.78, 5) is 0. The number of hydrogen-bond donors (Lipinski definition) is 1. The molecule has 1 aromatic carbocycles. The van der Waals surface area contributed by atoms with Gasteiger partial charge in [0.05, 0.1) is 0 Å². The van der Waals surface area contributed by atoms with E-state index in [0.29, 0.717) is 12.5 Å². The highest BCUT2D eigenvalue weighted by Gasteiger charge is 2.27. The molecule has 1 atom stereocenters. The van der Waals surface area contributed by atoms with Crippen LogP contribution in [0.5, 0.6) is 0 Å².